The summed E-state index contributed by atoms with van der Waals surface area (Å²) in [6.07, 6.45) is 21.8. The highest BCUT2D eigenvalue weighted by molar-refractivity contribution is 4.90. The Balaban J connectivity index is 3.52. The van der Waals surface area contributed by atoms with Crippen molar-refractivity contribution in [2.75, 3.05) is 27.2 Å². The maximum atomic E-state index is 4.02. The van der Waals surface area contributed by atoms with Gasteiger partial charge >= 0.3 is 0 Å². The summed E-state index contributed by atoms with van der Waals surface area (Å²) in [7, 11) is 4.75. The van der Waals surface area contributed by atoms with Gasteiger partial charge in [-0.15, -0.1) is 0 Å². The van der Waals surface area contributed by atoms with E-state index in [1.807, 2.05) is 0 Å². The first kappa shape index (κ1) is 26.7. The second kappa shape index (κ2) is 17.7. The molecule has 0 rings (SSSR count). The maximum Gasteiger partial charge on any atom is 0.142 e. The molecule has 0 amide bonds. The molecule has 0 aromatic carbocycles. The quantitative estimate of drug-likeness (QED) is 0.0999. The van der Waals surface area contributed by atoms with Crippen molar-refractivity contribution in [1.82, 2.24) is 5.32 Å². The Morgan fingerprint density at radius 3 is 1.52 bits per heavy atom. The average Bonchev–Trinajstić information content (AvgIpc) is 2.62. The van der Waals surface area contributed by atoms with Gasteiger partial charge in [-0.25, -0.2) is 0 Å². The number of nitrogens with one attached hydrogen (secondary N) is 1. The Bertz CT molecular complexity index is 335. The third-order valence-corrected chi connectivity index (χ3v) is 5.96. The van der Waals surface area contributed by atoms with Crippen LogP contribution in [0.25, 0.3) is 0 Å². The Kier molecular flexibility index (Phi) is 17.5. The molecule has 0 aliphatic rings. The molecular weight excluding hydrogens is 328 g/mol. The lowest BCUT2D eigenvalue weighted by Crippen LogP contribution is -2.56. The molecular formula is C25H53N2+. The second-order valence-electron chi connectivity index (χ2n) is 9.36. The van der Waals surface area contributed by atoms with Crippen LogP contribution < -0.4 is 5.32 Å². The average molecular weight is 382 g/mol. The summed E-state index contributed by atoms with van der Waals surface area (Å²) >= 11 is 0. The van der Waals surface area contributed by atoms with Crippen molar-refractivity contribution in [3.05, 3.63) is 12.2 Å². The summed E-state index contributed by atoms with van der Waals surface area (Å²) in [6.45, 7) is 12.9. The predicted octanol–water partition coefficient (Wildman–Crippen LogP) is 7.45. The zero-order valence-corrected chi connectivity index (χ0v) is 19.8. The van der Waals surface area contributed by atoms with Crippen LogP contribution in [0, 0.1) is 0 Å². The van der Waals surface area contributed by atoms with Crippen LogP contribution in [0.1, 0.15) is 117 Å². The number of hydrogen-bond acceptors (Lipinski definition) is 1. The zero-order chi connectivity index (χ0) is 20.4. The van der Waals surface area contributed by atoms with Gasteiger partial charge in [-0.1, -0.05) is 103 Å². The lowest BCUT2D eigenvalue weighted by atomic mass is 10.0. The SMILES string of the molecule is C=C(C)CNC(CC)[N+](C)(C)CCCCCCCCCCCCCCCC. The van der Waals surface area contributed by atoms with Gasteiger partial charge in [-0.3, -0.25) is 5.32 Å². The van der Waals surface area contributed by atoms with E-state index < -0.39 is 0 Å². The first-order valence-corrected chi connectivity index (χ1v) is 12.1. The first-order valence-electron chi connectivity index (χ1n) is 12.1. The van der Waals surface area contributed by atoms with Gasteiger partial charge in [0.05, 0.1) is 20.6 Å². The fourth-order valence-electron chi connectivity index (χ4n) is 4.05. The summed E-state index contributed by atoms with van der Waals surface area (Å²) < 4.78 is 1.09. The van der Waals surface area contributed by atoms with Crippen LogP contribution >= 0.6 is 0 Å². The minimum absolute atomic E-state index is 0.545. The number of nitrogens with zero attached hydrogens (tertiary/aromatic N) is 1. The third kappa shape index (κ3) is 16.3. The molecule has 0 fully saturated rings. The van der Waals surface area contributed by atoms with Gasteiger partial charge in [0.1, 0.15) is 6.17 Å². The highest BCUT2D eigenvalue weighted by atomic mass is 15.4. The Morgan fingerprint density at radius 1 is 0.741 bits per heavy atom. The van der Waals surface area contributed by atoms with Gasteiger partial charge in [0, 0.05) is 13.0 Å². The molecule has 1 unspecified atom stereocenters. The van der Waals surface area contributed by atoms with Crippen molar-refractivity contribution >= 4 is 0 Å². The van der Waals surface area contributed by atoms with E-state index >= 15 is 0 Å². The number of rotatable bonds is 20. The monoisotopic (exact) mass is 381 g/mol. The van der Waals surface area contributed by atoms with Gasteiger partial charge < -0.3 is 4.48 Å². The fraction of sp³-hybridized carbons (Fsp3) is 0.920. The molecule has 2 nitrogen and oxygen atoms in total. The molecule has 0 saturated carbocycles. The smallest absolute Gasteiger partial charge is 0.142 e. The van der Waals surface area contributed by atoms with E-state index in [4.69, 9.17) is 0 Å². The molecule has 0 bridgehead atoms. The third-order valence-electron chi connectivity index (χ3n) is 5.96. The molecule has 0 aromatic heterocycles. The molecule has 0 spiro atoms. The van der Waals surface area contributed by atoms with Crippen molar-refractivity contribution in [1.29, 1.82) is 0 Å². The largest absolute Gasteiger partial charge is 0.314 e. The minimum atomic E-state index is 0.545. The van der Waals surface area contributed by atoms with Crippen LogP contribution in [0.3, 0.4) is 0 Å². The van der Waals surface area contributed by atoms with E-state index in [9.17, 15) is 0 Å². The van der Waals surface area contributed by atoms with Gasteiger partial charge in [0.25, 0.3) is 0 Å². The van der Waals surface area contributed by atoms with E-state index in [2.05, 4.69) is 46.8 Å². The minimum Gasteiger partial charge on any atom is -0.314 e. The van der Waals surface area contributed by atoms with Crippen molar-refractivity contribution in [3.8, 4) is 0 Å². The highest BCUT2D eigenvalue weighted by Crippen LogP contribution is 2.15. The van der Waals surface area contributed by atoms with Crippen molar-refractivity contribution in [2.45, 2.75) is 123 Å². The molecule has 27 heavy (non-hydrogen) atoms. The summed E-state index contributed by atoms with van der Waals surface area (Å²) in [5.41, 5.74) is 1.23. The van der Waals surface area contributed by atoms with E-state index in [-0.39, 0.29) is 0 Å². The fourth-order valence-corrected chi connectivity index (χ4v) is 4.05. The molecule has 162 valence electrons. The van der Waals surface area contributed by atoms with Crippen LogP contribution in [0.5, 0.6) is 0 Å². The van der Waals surface area contributed by atoms with Crippen LogP contribution in [-0.4, -0.2) is 37.8 Å². The molecule has 0 aromatic rings. The number of hydrogen-bond donors (Lipinski definition) is 1. The molecule has 1 atom stereocenters. The second-order valence-corrected chi connectivity index (χ2v) is 9.36. The molecule has 2 heteroatoms. The van der Waals surface area contributed by atoms with Crippen molar-refractivity contribution < 1.29 is 4.48 Å². The van der Waals surface area contributed by atoms with Crippen LogP contribution in [0.2, 0.25) is 0 Å². The van der Waals surface area contributed by atoms with Crippen LogP contribution in [-0.2, 0) is 0 Å². The molecule has 0 aliphatic heterocycles. The topological polar surface area (TPSA) is 12.0 Å². The van der Waals surface area contributed by atoms with E-state index in [1.165, 1.54) is 108 Å². The van der Waals surface area contributed by atoms with Gasteiger partial charge in [-0.2, -0.15) is 0 Å². The van der Waals surface area contributed by atoms with E-state index in [0.717, 1.165) is 11.0 Å². The lowest BCUT2D eigenvalue weighted by Gasteiger charge is -2.38. The summed E-state index contributed by atoms with van der Waals surface area (Å²) in [6, 6.07) is 0. The molecule has 0 saturated heterocycles. The van der Waals surface area contributed by atoms with Crippen LogP contribution in [0.4, 0.5) is 0 Å². The Morgan fingerprint density at radius 2 is 1.15 bits per heavy atom. The summed E-state index contributed by atoms with van der Waals surface area (Å²) in [4.78, 5) is 0. The van der Waals surface area contributed by atoms with Crippen molar-refractivity contribution in [2.24, 2.45) is 0 Å². The predicted molar refractivity (Wildman–Crippen MR) is 124 cm³/mol. The molecule has 0 radical (unpaired) electrons. The lowest BCUT2D eigenvalue weighted by molar-refractivity contribution is -0.918. The summed E-state index contributed by atoms with van der Waals surface area (Å²) in [5.74, 6) is 0. The maximum absolute atomic E-state index is 4.02. The van der Waals surface area contributed by atoms with Crippen molar-refractivity contribution in [3.63, 3.8) is 0 Å². The van der Waals surface area contributed by atoms with Gasteiger partial charge in [0.15, 0.2) is 0 Å². The molecule has 0 heterocycles. The molecule has 1 N–H and O–H groups in total. The standard InChI is InChI=1S/C25H53N2/c1-7-9-10-11-12-13-14-15-16-17-18-19-20-21-22-27(5,6)25(8-2)26-23-24(3)4/h25-26H,3,7-23H2,1-2,4-6H3/q+1. The normalized spacial score (nSPS) is 13.1. The van der Waals surface area contributed by atoms with E-state index in [0.29, 0.717) is 6.17 Å². The first-order chi connectivity index (χ1) is 12.9. The molecule has 0 aliphatic carbocycles. The van der Waals surface area contributed by atoms with Gasteiger partial charge in [-0.05, 0) is 19.8 Å². The Labute approximate surface area is 172 Å². The Hall–Kier alpha value is -0.340. The number of unbranched alkanes of at least 4 members (excludes halogenated alkanes) is 13. The van der Waals surface area contributed by atoms with Gasteiger partial charge in [0.2, 0.25) is 0 Å². The highest BCUT2D eigenvalue weighted by Gasteiger charge is 2.25. The summed E-state index contributed by atoms with van der Waals surface area (Å²) in [5, 5.41) is 3.68. The van der Waals surface area contributed by atoms with E-state index in [1.54, 1.807) is 0 Å². The number of quaternary nitrogens is 1. The van der Waals surface area contributed by atoms with Crippen LogP contribution in [0.15, 0.2) is 12.2 Å². The zero-order valence-electron chi connectivity index (χ0n) is 19.8.